The predicted molar refractivity (Wildman–Crippen MR) is 109 cm³/mol. The van der Waals surface area contributed by atoms with E-state index in [4.69, 9.17) is 4.74 Å². The first-order chi connectivity index (χ1) is 13.6. The van der Waals surface area contributed by atoms with Crippen LogP contribution in [0.4, 0.5) is 0 Å². The van der Waals surface area contributed by atoms with Crippen LogP contribution >= 0.6 is 11.8 Å². The quantitative estimate of drug-likeness (QED) is 0.453. The third kappa shape index (κ3) is 4.80. The van der Waals surface area contributed by atoms with Gasteiger partial charge in [0.1, 0.15) is 0 Å². The summed E-state index contributed by atoms with van der Waals surface area (Å²) in [5.41, 5.74) is 2.30. The molecule has 0 fully saturated rings. The van der Waals surface area contributed by atoms with Gasteiger partial charge in [0.2, 0.25) is 0 Å². The van der Waals surface area contributed by atoms with Crippen LogP contribution in [0.3, 0.4) is 0 Å². The summed E-state index contributed by atoms with van der Waals surface area (Å²) >= 11 is 1.46. The molecule has 0 bridgehead atoms. The van der Waals surface area contributed by atoms with Crippen LogP contribution in [-0.2, 0) is 16.1 Å². The third-order valence-electron chi connectivity index (χ3n) is 4.16. The van der Waals surface area contributed by atoms with Crippen molar-refractivity contribution in [3.05, 3.63) is 78.1 Å². The maximum atomic E-state index is 12.3. The van der Waals surface area contributed by atoms with Crippen molar-refractivity contribution in [3.8, 4) is 5.69 Å². The molecule has 0 saturated heterocycles. The Bertz CT molecular complexity index is 956. The smallest absolute Gasteiger partial charge is 0.339 e. The first-order valence-electron chi connectivity index (χ1n) is 8.71. The number of thioether (sulfide) groups is 1. The fourth-order valence-electron chi connectivity index (χ4n) is 2.65. The van der Waals surface area contributed by atoms with Gasteiger partial charge < -0.3 is 9.64 Å². The Hall–Kier alpha value is -3.06. The van der Waals surface area contributed by atoms with Gasteiger partial charge >= 0.3 is 5.97 Å². The van der Waals surface area contributed by atoms with Gasteiger partial charge in [-0.1, -0.05) is 30.3 Å². The van der Waals surface area contributed by atoms with Crippen molar-refractivity contribution in [2.45, 2.75) is 11.4 Å². The first kappa shape index (κ1) is 19.7. The molecule has 0 atom stereocenters. The molecule has 0 radical (unpaired) electrons. The molecule has 3 rings (SSSR count). The first-order valence-corrected chi connectivity index (χ1v) is 9.94. The van der Waals surface area contributed by atoms with Gasteiger partial charge in [0.15, 0.2) is 6.61 Å². The van der Waals surface area contributed by atoms with E-state index in [1.165, 1.54) is 16.7 Å². The highest BCUT2D eigenvalue weighted by atomic mass is 32.2. The SMILES string of the molecule is CSc1ccccc1C(=O)OCC(=O)N(C)Cc1cnn(-c2ccccc2)c1. The summed E-state index contributed by atoms with van der Waals surface area (Å²) in [6, 6.07) is 16.9. The molecule has 0 saturated carbocycles. The Balaban J connectivity index is 1.55. The molecule has 1 aromatic heterocycles. The van der Waals surface area contributed by atoms with E-state index < -0.39 is 5.97 Å². The molecule has 28 heavy (non-hydrogen) atoms. The van der Waals surface area contributed by atoms with Gasteiger partial charge in [-0.05, 0) is 30.5 Å². The number of amides is 1. The van der Waals surface area contributed by atoms with E-state index in [9.17, 15) is 9.59 Å². The standard InChI is InChI=1S/C21H21N3O3S/c1-23(13-16-12-22-24(14-16)17-8-4-3-5-9-17)20(25)15-27-21(26)18-10-6-7-11-19(18)28-2/h3-12,14H,13,15H2,1-2H3. The van der Waals surface area contributed by atoms with Gasteiger partial charge in [0, 0.05) is 30.2 Å². The van der Waals surface area contributed by atoms with Gasteiger partial charge in [-0.15, -0.1) is 11.8 Å². The molecule has 0 aliphatic carbocycles. The minimum absolute atomic E-state index is 0.276. The van der Waals surface area contributed by atoms with E-state index in [0.717, 1.165) is 16.1 Å². The predicted octanol–water partition coefficient (Wildman–Crippen LogP) is 3.41. The maximum Gasteiger partial charge on any atom is 0.339 e. The van der Waals surface area contributed by atoms with Crippen molar-refractivity contribution < 1.29 is 14.3 Å². The van der Waals surface area contributed by atoms with Gasteiger partial charge in [-0.3, -0.25) is 4.79 Å². The third-order valence-corrected chi connectivity index (χ3v) is 4.95. The lowest BCUT2D eigenvalue weighted by Gasteiger charge is -2.16. The molecule has 3 aromatic rings. The Morgan fingerprint density at radius 1 is 1.11 bits per heavy atom. The van der Waals surface area contributed by atoms with Crippen molar-refractivity contribution in [2.24, 2.45) is 0 Å². The minimum atomic E-state index is -0.497. The normalized spacial score (nSPS) is 10.5. The lowest BCUT2D eigenvalue weighted by molar-refractivity contribution is -0.133. The number of ether oxygens (including phenoxy) is 1. The second-order valence-corrected chi connectivity index (χ2v) is 7.00. The zero-order valence-electron chi connectivity index (χ0n) is 15.7. The van der Waals surface area contributed by atoms with Gasteiger partial charge in [0.05, 0.1) is 17.4 Å². The maximum absolute atomic E-state index is 12.3. The summed E-state index contributed by atoms with van der Waals surface area (Å²) in [6.45, 7) is 0.0789. The molecular weight excluding hydrogens is 374 g/mol. The average molecular weight is 395 g/mol. The summed E-state index contributed by atoms with van der Waals surface area (Å²) in [5.74, 6) is -0.772. The van der Waals surface area contributed by atoms with E-state index >= 15 is 0 Å². The van der Waals surface area contributed by atoms with Crippen molar-refractivity contribution in [1.29, 1.82) is 0 Å². The number of para-hydroxylation sites is 1. The van der Waals surface area contributed by atoms with Crippen LogP contribution in [0.1, 0.15) is 15.9 Å². The minimum Gasteiger partial charge on any atom is -0.452 e. The van der Waals surface area contributed by atoms with E-state index in [1.54, 1.807) is 30.1 Å². The van der Waals surface area contributed by atoms with Crippen molar-refractivity contribution in [1.82, 2.24) is 14.7 Å². The van der Waals surface area contributed by atoms with Gasteiger partial charge in [-0.25, -0.2) is 9.48 Å². The average Bonchev–Trinajstić information content (AvgIpc) is 3.20. The molecule has 6 nitrogen and oxygen atoms in total. The highest BCUT2D eigenvalue weighted by Gasteiger charge is 2.16. The van der Waals surface area contributed by atoms with Crippen LogP contribution < -0.4 is 0 Å². The van der Waals surface area contributed by atoms with Crippen molar-refractivity contribution in [2.75, 3.05) is 19.9 Å². The number of aromatic nitrogens is 2. The van der Waals surface area contributed by atoms with E-state index in [1.807, 2.05) is 54.9 Å². The summed E-state index contributed by atoms with van der Waals surface area (Å²) in [6.07, 6.45) is 5.48. The Morgan fingerprint density at radius 2 is 1.82 bits per heavy atom. The summed E-state index contributed by atoms with van der Waals surface area (Å²) in [5, 5.41) is 4.32. The number of benzene rings is 2. The number of carbonyl (C=O) groups excluding carboxylic acids is 2. The Labute approximate surface area is 168 Å². The zero-order valence-corrected chi connectivity index (χ0v) is 16.6. The fourth-order valence-corrected chi connectivity index (χ4v) is 3.24. The van der Waals surface area contributed by atoms with E-state index in [-0.39, 0.29) is 12.5 Å². The number of carbonyl (C=O) groups is 2. The number of rotatable bonds is 7. The van der Waals surface area contributed by atoms with Gasteiger partial charge in [0.25, 0.3) is 5.91 Å². The van der Waals surface area contributed by atoms with E-state index in [0.29, 0.717) is 12.1 Å². The fraction of sp³-hybridized carbons (Fsp3) is 0.190. The van der Waals surface area contributed by atoms with Crippen LogP contribution in [0.2, 0.25) is 0 Å². The largest absolute Gasteiger partial charge is 0.452 e. The Kier molecular flexibility index (Phi) is 6.49. The molecule has 1 heterocycles. The lowest BCUT2D eigenvalue weighted by Crippen LogP contribution is -2.30. The van der Waals surface area contributed by atoms with E-state index in [2.05, 4.69) is 5.10 Å². The topological polar surface area (TPSA) is 64.4 Å². The highest BCUT2D eigenvalue weighted by Crippen LogP contribution is 2.20. The summed E-state index contributed by atoms with van der Waals surface area (Å²) < 4.78 is 6.96. The highest BCUT2D eigenvalue weighted by molar-refractivity contribution is 7.98. The summed E-state index contributed by atoms with van der Waals surface area (Å²) in [4.78, 5) is 26.9. The number of likely N-dealkylation sites (N-methyl/N-ethyl adjacent to an activating group) is 1. The molecule has 0 aliphatic rings. The molecule has 144 valence electrons. The zero-order chi connectivity index (χ0) is 19.9. The molecule has 1 amide bonds. The van der Waals surface area contributed by atoms with Crippen molar-refractivity contribution >= 4 is 23.6 Å². The molecule has 0 N–H and O–H groups in total. The van der Waals surface area contributed by atoms with Crippen LogP contribution in [0.15, 0.2) is 71.9 Å². The van der Waals surface area contributed by atoms with Crippen LogP contribution in [0.5, 0.6) is 0 Å². The molecular formula is C21H21N3O3S. The van der Waals surface area contributed by atoms with Gasteiger partial charge in [-0.2, -0.15) is 5.10 Å². The lowest BCUT2D eigenvalue weighted by atomic mass is 10.2. The van der Waals surface area contributed by atoms with Crippen molar-refractivity contribution in [3.63, 3.8) is 0 Å². The molecule has 0 spiro atoms. The Morgan fingerprint density at radius 3 is 2.57 bits per heavy atom. The number of nitrogens with zero attached hydrogens (tertiary/aromatic N) is 3. The monoisotopic (exact) mass is 395 g/mol. The second kappa shape index (κ2) is 9.23. The molecule has 0 aliphatic heterocycles. The number of hydrogen-bond acceptors (Lipinski definition) is 5. The molecule has 0 unspecified atom stereocenters. The number of hydrogen-bond donors (Lipinski definition) is 0. The molecule has 7 heteroatoms. The molecule has 2 aromatic carbocycles. The second-order valence-electron chi connectivity index (χ2n) is 6.15. The summed E-state index contributed by atoms with van der Waals surface area (Å²) in [7, 11) is 1.67. The van der Waals surface area contributed by atoms with Crippen LogP contribution in [0.25, 0.3) is 5.69 Å². The van der Waals surface area contributed by atoms with Crippen LogP contribution in [0, 0.1) is 0 Å². The number of esters is 1. The van der Waals surface area contributed by atoms with Crippen LogP contribution in [-0.4, -0.2) is 46.5 Å².